The summed E-state index contributed by atoms with van der Waals surface area (Å²) in [6, 6.07) is 5.79. The van der Waals surface area contributed by atoms with Crippen LogP contribution in [0.3, 0.4) is 0 Å². The van der Waals surface area contributed by atoms with Crippen LogP contribution in [0.2, 0.25) is 0 Å². The predicted molar refractivity (Wildman–Crippen MR) is 130 cm³/mol. The number of hydrogen-bond donors (Lipinski definition) is 2. The molecule has 0 unspecified atom stereocenters. The van der Waals surface area contributed by atoms with Gasteiger partial charge in [-0.2, -0.15) is 0 Å². The number of rotatable bonds is 7. The third-order valence-corrected chi connectivity index (χ3v) is 5.71. The van der Waals surface area contributed by atoms with E-state index in [-0.39, 0.29) is 6.04 Å². The Balaban J connectivity index is 1.53. The predicted octanol–water partition coefficient (Wildman–Crippen LogP) is 3.76. The highest BCUT2D eigenvalue weighted by molar-refractivity contribution is 5.80. The molecule has 0 saturated carbocycles. The van der Waals surface area contributed by atoms with Crippen molar-refractivity contribution in [3.63, 3.8) is 0 Å². The minimum Gasteiger partial charge on any atom is -0.390 e. The molecule has 7 nitrogen and oxygen atoms in total. The SMILES string of the molecule is CC(C)Nc1nc2cc(CC(C)(C)O)ncc2nc1N1CCN(Cc2ccc(F)cc2F)CC1. The molecular weight excluding hydrogens is 438 g/mol. The van der Waals surface area contributed by atoms with Crippen LogP contribution >= 0.6 is 0 Å². The summed E-state index contributed by atoms with van der Waals surface area (Å²) in [5.41, 5.74) is 1.82. The van der Waals surface area contributed by atoms with E-state index in [9.17, 15) is 13.9 Å². The van der Waals surface area contributed by atoms with Crippen LogP contribution in [0.1, 0.15) is 39.0 Å². The molecule has 1 aromatic carbocycles. The topological polar surface area (TPSA) is 77.4 Å². The molecule has 0 bridgehead atoms. The van der Waals surface area contributed by atoms with Crippen molar-refractivity contribution >= 4 is 22.7 Å². The maximum atomic E-state index is 14.1. The zero-order valence-electron chi connectivity index (χ0n) is 20.1. The quantitative estimate of drug-likeness (QED) is 0.545. The fourth-order valence-electron chi connectivity index (χ4n) is 4.13. The van der Waals surface area contributed by atoms with Crippen LogP contribution in [-0.4, -0.2) is 62.8 Å². The molecule has 1 aliphatic rings. The lowest BCUT2D eigenvalue weighted by Gasteiger charge is -2.36. The molecule has 182 valence electrons. The Morgan fingerprint density at radius 3 is 2.44 bits per heavy atom. The van der Waals surface area contributed by atoms with Crippen LogP contribution in [0.25, 0.3) is 11.0 Å². The molecule has 1 saturated heterocycles. The summed E-state index contributed by atoms with van der Waals surface area (Å²) in [4.78, 5) is 18.5. The smallest absolute Gasteiger partial charge is 0.172 e. The fraction of sp³-hybridized carbons (Fsp3) is 0.480. The van der Waals surface area contributed by atoms with Crippen molar-refractivity contribution in [2.24, 2.45) is 0 Å². The number of nitrogens with zero attached hydrogens (tertiary/aromatic N) is 5. The second-order valence-corrected chi connectivity index (χ2v) is 9.85. The summed E-state index contributed by atoms with van der Waals surface area (Å²) >= 11 is 0. The molecule has 0 atom stereocenters. The summed E-state index contributed by atoms with van der Waals surface area (Å²) in [5.74, 6) is 0.405. The van der Waals surface area contributed by atoms with Gasteiger partial charge in [-0.05, 0) is 39.8 Å². The average molecular weight is 471 g/mol. The number of piperazine rings is 1. The van der Waals surface area contributed by atoms with Crippen molar-refractivity contribution in [1.29, 1.82) is 0 Å². The molecule has 3 heterocycles. The lowest BCUT2D eigenvalue weighted by atomic mass is 10.0. The summed E-state index contributed by atoms with van der Waals surface area (Å²) in [7, 11) is 0. The Hall–Kier alpha value is -2.91. The first-order chi connectivity index (χ1) is 16.1. The molecule has 2 aromatic heterocycles. The van der Waals surface area contributed by atoms with Gasteiger partial charge in [0.25, 0.3) is 0 Å². The molecule has 3 aromatic rings. The maximum absolute atomic E-state index is 14.1. The third-order valence-electron chi connectivity index (χ3n) is 5.71. The number of hydrogen-bond acceptors (Lipinski definition) is 7. The third kappa shape index (κ3) is 5.95. The highest BCUT2D eigenvalue weighted by Crippen LogP contribution is 2.27. The van der Waals surface area contributed by atoms with Crippen LogP contribution in [0, 0.1) is 11.6 Å². The second kappa shape index (κ2) is 9.76. The Morgan fingerprint density at radius 2 is 1.79 bits per heavy atom. The molecule has 0 radical (unpaired) electrons. The molecule has 4 rings (SSSR count). The van der Waals surface area contributed by atoms with Gasteiger partial charge < -0.3 is 15.3 Å². The minimum absolute atomic E-state index is 0.172. The summed E-state index contributed by atoms with van der Waals surface area (Å²) < 4.78 is 27.3. The molecule has 0 amide bonds. The lowest BCUT2D eigenvalue weighted by molar-refractivity contribution is 0.0800. The number of halogens is 2. The van der Waals surface area contributed by atoms with Gasteiger partial charge >= 0.3 is 0 Å². The van der Waals surface area contributed by atoms with Crippen LogP contribution in [0.5, 0.6) is 0 Å². The van der Waals surface area contributed by atoms with E-state index in [0.717, 1.165) is 36.2 Å². The zero-order chi connectivity index (χ0) is 24.5. The summed E-state index contributed by atoms with van der Waals surface area (Å²) in [6.45, 7) is 10.9. The van der Waals surface area contributed by atoms with Gasteiger partial charge in [0.05, 0.1) is 17.3 Å². The van der Waals surface area contributed by atoms with Gasteiger partial charge in [0.2, 0.25) is 0 Å². The Bertz CT molecular complexity index is 1160. The number of aliphatic hydroxyl groups is 1. The first-order valence-corrected chi connectivity index (χ1v) is 11.6. The molecule has 0 aliphatic carbocycles. The monoisotopic (exact) mass is 470 g/mol. The van der Waals surface area contributed by atoms with Crippen LogP contribution in [0.15, 0.2) is 30.5 Å². The van der Waals surface area contributed by atoms with Crippen molar-refractivity contribution in [2.45, 2.75) is 52.3 Å². The average Bonchev–Trinajstić information content (AvgIpc) is 2.74. The molecular formula is C25H32F2N6O. The first kappa shape index (κ1) is 24.2. The summed E-state index contributed by atoms with van der Waals surface area (Å²) in [6.07, 6.45) is 2.13. The van der Waals surface area contributed by atoms with Gasteiger partial charge in [0, 0.05) is 62.5 Å². The van der Waals surface area contributed by atoms with E-state index < -0.39 is 17.2 Å². The van der Waals surface area contributed by atoms with E-state index in [1.165, 1.54) is 12.1 Å². The Morgan fingerprint density at radius 1 is 1.06 bits per heavy atom. The number of aromatic nitrogens is 3. The highest BCUT2D eigenvalue weighted by Gasteiger charge is 2.23. The second-order valence-electron chi connectivity index (χ2n) is 9.85. The number of benzene rings is 1. The number of anilines is 2. The van der Waals surface area contributed by atoms with Gasteiger partial charge in [-0.25, -0.2) is 18.7 Å². The van der Waals surface area contributed by atoms with Crippen molar-refractivity contribution < 1.29 is 13.9 Å². The molecule has 1 aliphatic heterocycles. The molecule has 0 spiro atoms. The molecule has 34 heavy (non-hydrogen) atoms. The van der Waals surface area contributed by atoms with Gasteiger partial charge in [0.15, 0.2) is 11.6 Å². The van der Waals surface area contributed by atoms with Crippen LogP contribution in [-0.2, 0) is 13.0 Å². The van der Waals surface area contributed by atoms with Crippen molar-refractivity contribution in [2.75, 3.05) is 36.4 Å². The lowest BCUT2D eigenvalue weighted by Crippen LogP contribution is -2.46. The van der Waals surface area contributed by atoms with Gasteiger partial charge in [-0.3, -0.25) is 9.88 Å². The highest BCUT2D eigenvalue weighted by atomic mass is 19.1. The van der Waals surface area contributed by atoms with Crippen LogP contribution < -0.4 is 10.2 Å². The largest absolute Gasteiger partial charge is 0.390 e. The van der Waals surface area contributed by atoms with Crippen LogP contribution in [0.4, 0.5) is 20.4 Å². The molecule has 9 heteroatoms. The van der Waals surface area contributed by atoms with Crippen molar-refractivity contribution in [3.05, 3.63) is 53.4 Å². The van der Waals surface area contributed by atoms with Crippen molar-refractivity contribution in [1.82, 2.24) is 19.9 Å². The van der Waals surface area contributed by atoms with Gasteiger partial charge in [0.1, 0.15) is 17.2 Å². The van der Waals surface area contributed by atoms with E-state index in [2.05, 4.69) is 33.9 Å². The summed E-state index contributed by atoms with van der Waals surface area (Å²) in [5, 5.41) is 13.5. The number of pyridine rings is 1. The first-order valence-electron chi connectivity index (χ1n) is 11.6. The van der Waals surface area contributed by atoms with E-state index in [4.69, 9.17) is 9.97 Å². The minimum atomic E-state index is -0.858. The van der Waals surface area contributed by atoms with E-state index in [0.29, 0.717) is 43.0 Å². The number of fused-ring (bicyclic) bond motifs is 1. The normalized spacial score (nSPS) is 15.4. The Kier molecular flexibility index (Phi) is 6.95. The van der Waals surface area contributed by atoms with Gasteiger partial charge in [-0.1, -0.05) is 6.07 Å². The fourth-order valence-corrected chi connectivity index (χ4v) is 4.13. The Labute approximate surface area is 198 Å². The number of nitrogens with one attached hydrogen (secondary N) is 1. The standard InChI is InChI=1S/C25H32F2N6O/c1-16(2)29-23-24(31-22-14-28-19(12-21(22)30-23)13-25(3,4)34)33-9-7-32(8-10-33)15-17-5-6-18(26)11-20(17)27/h5-6,11-12,14,16,34H,7-10,13,15H2,1-4H3,(H,29,30). The van der Waals surface area contributed by atoms with E-state index in [1.54, 1.807) is 20.0 Å². The van der Waals surface area contributed by atoms with Crippen molar-refractivity contribution in [3.8, 4) is 0 Å². The van der Waals surface area contributed by atoms with E-state index in [1.807, 2.05) is 6.07 Å². The molecule has 1 fully saturated rings. The van der Waals surface area contributed by atoms with Gasteiger partial charge in [-0.15, -0.1) is 0 Å². The molecule has 2 N–H and O–H groups in total. The van der Waals surface area contributed by atoms with E-state index >= 15 is 0 Å². The zero-order valence-corrected chi connectivity index (χ0v) is 20.1. The maximum Gasteiger partial charge on any atom is 0.172 e.